The number of urea groups is 1. The van der Waals surface area contributed by atoms with Crippen molar-refractivity contribution in [1.29, 1.82) is 0 Å². The summed E-state index contributed by atoms with van der Waals surface area (Å²) < 4.78 is 5.95. The van der Waals surface area contributed by atoms with Crippen molar-refractivity contribution in [2.45, 2.75) is 143 Å². The molecule has 2 saturated carbocycles. The van der Waals surface area contributed by atoms with Crippen LogP contribution in [0.25, 0.3) is 0 Å². The summed E-state index contributed by atoms with van der Waals surface area (Å²) in [5.74, 6) is -2.92. The van der Waals surface area contributed by atoms with Gasteiger partial charge in [0.05, 0.1) is 18.6 Å². The number of carbonyl (C=O) groups excluding carboxylic acids is 7. The lowest BCUT2D eigenvalue weighted by Gasteiger charge is -2.36. The first-order valence-corrected chi connectivity index (χ1v) is 19.5. The molecule has 1 saturated heterocycles. The smallest absolute Gasteiger partial charge is 0.410 e. The quantitative estimate of drug-likeness (QED) is 0.221. The SMILES string of the molecule is CCCC(NC(=O)[C@@H]1C[C@@H](OC(=O)N2CCc3ccccc3C2)CN1C(=O)[C@@H](NC(=O)N[C@H](C(=O)C1CC1)C(C)(C)C)C(C)(C)C)C(=O)C(=O)NC1CC1. The number of rotatable bonds is 13. The molecule has 4 aliphatic rings. The van der Waals surface area contributed by atoms with Crippen molar-refractivity contribution < 1.29 is 38.3 Å². The second-order valence-electron chi connectivity index (χ2n) is 17.5. The van der Waals surface area contributed by atoms with Crippen molar-refractivity contribution in [1.82, 2.24) is 31.1 Å². The number of hydrogen-bond donors (Lipinski definition) is 4. The number of hydrogen-bond acceptors (Lipinski definition) is 8. The summed E-state index contributed by atoms with van der Waals surface area (Å²) in [6, 6.07) is 2.90. The number of nitrogens with one attached hydrogen (secondary N) is 4. The Morgan fingerprint density at radius 2 is 1.48 bits per heavy atom. The lowest BCUT2D eigenvalue weighted by Crippen LogP contribution is -2.62. The van der Waals surface area contributed by atoms with E-state index < -0.39 is 76.7 Å². The van der Waals surface area contributed by atoms with Crippen molar-refractivity contribution in [3.8, 4) is 0 Å². The summed E-state index contributed by atoms with van der Waals surface area (Å²) in [6.07, 6.45) is 3.02. The standard InChI is InChI=1S/C40H58N6O8/c1-8-11-28(31(48)35(50)41-26-16-17-26)42-34(49)29-20-27(54-38(53)45-19-18-23-12-9-10-13-25(23)21-45)22-46(29)36(51)33(40(5,6)7)44-37(52)43-32(39(2,3)4)30(47)24-14-15-24/h9-10,12-13,24,26-29,32-33H,8,11,14-22H2,1-7H3,(H,41,50)(H,42,49)(H2,43,44,52)/t27-,28?,29+,32-,33-/m1/s1. The zero-order valence-electron chi connectivity index (χ0n) is 32.8. The highest BCUT2D eigenvalue weighted by Crippen LogP contribution is 2.35. The molecule has 14 nitrogen and oxygen atoms in total. The van der Waals surface area contributed by atoms with Crippen molar-refractivity contribution in [2.24, 2.45) is 16.7 Å². The molecular weight excluding hydrogens is 692 g/mol. The lowest BCUT2D eigenvalue weighted by atomic mass is 9.82. The van der Waals surface area contributed by atoms with Gasteiger partial charge in [0.1, 0.15) is 18.2 Å². The first-order chi connectivity index (χ1) is 25.4. The van der Waals surface area contributed by atoms with E-state index in [1.165, 1.54) is 4.90 Å². The van der Waals surface area contributed by atoms with Crippen molar-refractivity contribution >= 4 is 41.4 Å². The molecular formula is C40H58N6O8. The van der Waals surface area contributed by atoms with Crippen LogP contribution in [0.5, 0.6) is 0 Å². The number of ether oxygens (including phenoxy) is 1. The van der Waals surface area contributed by atoms with E-state index in [1.54, 1.807) is 25.7 Å². The molecule has 5 rings (SSSR count). The van der Waals surface area contributed by atoms with Gasteiger partial charge < -0.3 is 35.8 Å². The fourth-order valence-electron chi connectivity index (χ4n) is 7.15. The Labute approximate surface area is 318 Å². The van der Waals surface area contributed by atoms with Gasteiger partial charge in [0, 0.05) is 31.5 Å². The summed E-state index contributed by atoms with van der Waals surface area (Å²) in [6.45, 7) is 13.4. The molecule has 54 heavy (non-hydrogen) atoms. The normalized spacial score (nSPS) is 21.5. The molecule has 3 fully saturated rings. The van der Waals surface area contributed by atoms with Crippen LogP contribution < -0.4 is 21.3 Å². The van der Waals surface area contributed by atoms with Crippen LogP contribution in [0, 0.1) is 16.7 Å². The molecule has 4 N–H and O–H groups in total. The Balaban J connectivity index is 1.35. The van der Waals surface area contributed by atoms with E-state index >= 15 is 0 Å². The summed E-state index contributed by atoms with van der Waals surface area (Å²) in [4.78, 5) is 97.7. The second kappa shape index (κ2) is 16.5. The van der Waals surface area contributed by atoms with Crippen LogP contribution in [-0.4, -0.2) is 101 Å². The number of ketones is 2. The molecule has 2 aliphatic carbocycles. The van der Waals surface area contributed by atoms with Crippen LogP contribution >= 0.6 is 0 Å². The summed E-state index contributed by atoms with van der Waals surface area (Å²) in [7, 11) is 0. The van der Waals surface area contributed by atoms with Gasteiger partial charge in [-0.25, -0.2) is 9.59 Å². The summed E-state index contributed by atoms with van der Waals surface area (Å²) in [5, 5.41) is 11.0. The van der Waals surface area contributed by atoms with E-state index in [4.69, 9.17) is 4.74 Å². The van der Waals surface area contributed by atoms with Gasteiger partial charge in [-0.2, -0.15) is 0 Å². The van der Waals surface area contributed by atoms with Gasteiger partial charge in [0.15, 0.2) is 5.78 Å². The Morgan fingerprint density at radius 1 is 0.852 bits per heavy atom. The summed E-state index contributed by atoms with van der Waals surface area (Å²) >= 11 is 0. The monoisotopic (exact) mass is 750 g/mol. The maximum Gasteiger partial charge on any atom is 0.410 e. The highest BCUT2D eigenvalue weighted by Gasteiger charge is 2.48. The minimum absolute atomic E-state index is 0.0450. The van der Waals surface area contributed by atoms with Crippen LogP contribution in [0.1, 0.15) is 105 Å². The average molecular weight is 751 g/mol. The highest BCUT2D eigenvalue weighted by atomic mass is 16.6. The molecule has 1 aromatic rings. The molecule has 1 unspecified atom stereocenters. The minimum atomic E-state index is -1.18. The molecule has 0 aromatic heterocycles. The molecule has 1 aromatic carbocycles. The van der Waals surface area contributed by atoms with Gasteiger partial charge in [-0.05, 0) is 60.5 Å². The van der Waals surface area contributed by atoms with E-state index in [-0.39, 0.29) is 37.1 Å². The molecule has 6 amide bonds. The maximum absolute atomic E-state index is 14.6. The average Bonchev–Trinajstić information content (AvgIpc) is 4.06. The van der Waals surface area contributed by atoms with Gasteiger partial charge >= 0.3 is 12.1 Å². The molecule has 2 aliphatic heterocycles. The topological polar surface area (TPSA) is 183 Å². The van der Waals surface area contributed by atoms with Crippen LogP contribution in [0.15, 0.2) is 24.3 Å². The predicted octanol–water partition coefficient (Wildman–Crippen LogP) is 3.39. The predicted molar refractivity (Wildman–Crippen MR) is 200 cm³/mol. The first kappa shape index (κ1) is 40.7. The van der Waals surface area contributed by atoms with Crippen LogP contribution in [0.3, 0.4) is 0 Å². The molecule has 296 valence electrons. The zero-order valence-corrected chi connectivity index (χ0v) is 32.8. The molecule has 0 spiro atoms. The number of carbonyl (C=O) groups is 7. The Morgan fingerprint density at radius 3 is 2.07 bits per heavy atom. The third-order valence-electron chi connectivity index (χ3n) is 10.6. The van der Waals surface area contributed by atoms with Crippen molar-refractivity contribution in [3.63, 3.8) is 0 Å². The van der Waals surface area contributed by atoms with Gasteiger partial charge in [-0.15, -0.1) is 0 Å². The van der Waals surface area contributed by atoms with E-state index in [0.717, 1.165) is 36.8 Å². The number of likely N-dealkylation sites (tertiary alicyclic amines) is 1. The van der Waals surface area contributed by atoms with Crippen LogP contribution in [0.2, 0.25) is 0 Å². The van der Waals surface area contributed by atoms with E-state index in [9.17, 15) is 33.6 Å². The Kier molecular flexibility index (Phi) is 12.4. The Hall–Kier alpha value is -4.49. The van der Waals surface area contributed by atoms with E-state index in [1.807, 2.05) is 52.0 Å². The molecule has 0 bridgehead atoms. The lowest BCUT2D eigenvalue weighted by molar-refractivity contribution is -0.144. The molecule has 0 radical (unpaired) electrons. The van der Waals surface area contributed by atoms with E-state index in [0.29, 0.717) is 25.9 Å². The molecule has 5 atom stereocenters. The Bertz CT molecular complexity index is 1620. The minimum Gasteiger partial charge on any atom is -0.444 e. The van der Waals surface area contributed by atoms with Crippen molar-refractivity contribution in [2.75, 3.05) is 13.1 Å². The highest BCUT2D eigenvalue weighted by molar-refractivity contribution is 6.38. The van der Waals surface area contributed by atoms with Gasteiger partial charge in [-0.3, -0.25) is 24.0 Å². The molecule has 2 heterocycles. The number of fused-ring (bicyclic) bond motifs is 1. The number of nitrogens with zero attached hydrogens (tertiary/aromatic N) is 2. The molecule has 14 heteroatoms. The maximum atomic E-state index is 14.6. The number of Topliss-reactive ketones (excluding diaryl/α,β-unsaturated/α-hetero) is 2. The van der Waals surface area contributed by atoms with Crippen LogP contribution in [0.4, 0.5) is 9.59 Å². The van der Waals surface area contributed by atoms with Gasteiger partial charge in [0.25, 0.3) is 5.91 Å². The fourth-order valence-corrected chi connectivity index (χ4v) is 7.15. The third kappa shape index (κ3) is 10.2. The van der Waals surface area contributed by atoms with Gasteiger partial charge in [-0.1, -0.05) is 79.2 Å². The largest absolute Gasteiger partial charge is 0.444 e. The van der Waals surface area contributed by atoms with E-state index in [2.05, 4.69) is 21.3 Å². The van der Waals surface area contributed by atoms with Gasteiger partial charge in [0.2, 0.25) is 17.6 Å². The van der Waals surface area contributed by atoms with Crippen molar-refractivity contribution in [3.05, 3.63) is 35.4 Å². The second-order valence-corrected chi connectivity index (χ2v) is 17.5. The first-order valence-electron chi connectivity index (χ1n) is 19.5. The number of amides is 6. The zero-order chi connectivity index (χ0) is 39.5. The van der Waals surface area contributed by atoms with Crippen LogP contribution in [-0.2, 0) is 41.7 Å². The fraction of sp³-hybridized carbons (Fsp3) is 0.675. The summed E-state index contributed by atoms with van der Waals surface area (Å²) in [5.41, 5.74) is 0.744. The third-order valence-corrected chi connectivity index (χ3v) is 10.6. The number of benzene rings is 1.